The monoisotopic (exact) mass is 213 g/mol. The predicted octanol–water partition coefficient (Wildman–Crippen LogP) is 2.47. The van der Waals surface area contributed by atoms with Crippen LogP contribution in [0.2, 0.25) is 0 Å². The van der Waals surface area contributed by atoms with E-state index in [2.05, 4.69) is 33.8 Å². The number of hydrogen-bond donors (Lipinski definition) is 1. The van der Waals surface area contributed by atoms with Gasteiger partial charge in [-0.2, -0.15) is 4.98 Å². The van der Waals surface area contributed by atoms with Crippen LogP contribution < -0.4 is 5.32 Å². The number of nitrogens with one attached hydrogen (secondary N) is 1. The Kier molecular flexibility index (Phi) is 9.07. The van der Waals surface area contributed by atoms with Crippen molar-refractivity contribution in [2.75, 3.05) is 13.1 Å². The summed E-state index contributed by atoms with van der Waals surface area (Å²) < 4.78 is 4.60. The maximum atomic E-state index is 4.60. The van der Waals surface area contributed by atoms with E-state index in [1.54, 1.807) is 13.8 Å². The molecule has 1 aromatic heterocycles. The first-order valence-electron chi connectivity index (χ1n) is 5.68. The second kappa shape index (κ2) is 9.65. The zero-order valence-corrected chi connectivity index (χ0v) is 10.3. The maximum absolute atomic E-state index is 4.60. The van der Waals surface area contributed by atoms with Crippen molar-refractivity contribution in [1.82, 2.24) is 15.5 Å². The Hall–Kier alpha value is -0.900. The fraction of sp³-hybridized carbons (Fsp3) is 0.818. The first-order valence-corrected chi connectivity index (χ1v) is 5.68. The van der Waals surface area contributed by atoms with Crippen molar-refractivity contribution in [2.45, 2.75) is 47.0 Å². The van der Waals surface area contributed by atoms with E-state index in [-0.39, 0.29) is 0 Å². The highest BCUT2D eigenvalue weighted by Crippen LogP contribution is 1.89. The van der Waals surface area contributed by atoms with E-state index in [0.29, 0.717) is 11.7 Å². The molecule has 0 saturated heterocycles. The van der Waals surface area contributed by atoms with Crippen molar-refractivity contribution in [3.05, 3.63) is 11.7 Å². The predicted molar refractivity (Wildman–Crippen MR) is 61.8 cm³/mol. The van der Waals surface area contributed by atoms with Gasteiger partial charge >= 0.3 is 0 Å². The van der Waals surface area contributed by atoms with Gasteiger partial charge in [0.25, 0.3) is 0 Å². The molecule has 0 spiro atoms. The third-order valence-corrected chi connectivity index (χ3v) is 1.76. The molecule has 1 rings (SSSR count). The summed E-state index contributed by atoms with van der Waals surface area (Å²) in [6.07, 6.45) is 3.88. The quantitative estimate of drug-likeness (QED) is 0.763. The van der Waals surface area contributed by atoms with Crippen molar-refractivity contribution in [3.8, 4) is 0 Å². The van der Waals surface area contributed by atoms with Gasteiger partial charge < -0.3 is 9.84 Å². The molecule has 0 radical (unpaired) electrons. The molecule has 0 aliphatic rings. The lowest BCUT2D eigenvalue weighted by Crippen LogP contribution is -2.15. The van der Waals surface area contributed by atoms with Crippen LogP contribution in [0.3, 0.4) is 0 Å². The van der Waals surface area contributed by atoms with Crippen LogP contribution in [-0.2, 0) is 0 Å². The number of aryl methyl sites for hydroxylation is 2. The lowest BCUT2D eigenvalue weighted by atomic mass is 10.3. The molecule has 0 aromatic carbocycles. The molecule has 4 heteroatoms. The van der Waals surface area contributed by atoms with Crippen LogP contribution in [0.5, 0.6) is 0 Å². The summed E-state index contributed by atoms with van der Waals surface area (Å²) in [5.74, 6) is 1.31. The number of nitrogens with zero attached hydrogens (tertiary/aromatic N) is 2. The minimum absolute atomic E-state index is 0.623. The summed E-state index contributed by atoms with van der Waals surface area (Å²) >= 11 is 0. The van der Waals surface area contributed by atoms with Crippen LogP contribution in [0.4, 0.5) is 0 Å². The fourth-order valence-corrected chi connectivity index (χ4v) is 1.00. The molecule has 0 unspecified atom stereocenters. The summed E-state index contributed by atoms with van der Waals surface area (Å²) in [6.45, 7) is 10.3. The second-order valence-electron chi connectivity index (χ2n) is 3.46. The van der Waals surface area contributed by atoms with Gasteiger partial charge in [-0.1, -0.05) is 25.4 Å². The van der Waals surface area contributed by atoms with Crippen molar-refractivity contribution >= 4 is 0 Å². The van der Waals surface area contributed by atoms with E-state index in [9.17, 15) is 0 Å². The lowest BCUT2D eigenvalue weighted by Gasteiger charge is -1.98. The van der Waals surface area contributed by atoms with Crippen molar-refractivity contribution in [1.29, 1.82) is 0 Å². The highest BCUT2D eigenvalue weighted by atomic mass is 16.5. The normalized spacial score (nSPS) is 9.60. The molecule has 88 valence electrons. The smallest absolute Gasteiger partial charge is 0.223 e. The Morgan fingerprint density at radius 2 is 1.87 bits per heavy atom. The maximum Gasteiger partial charge on any atom is 0.223 e. The summed E-state index contributed by atoms with van der Waals surface area (Å²) in [7, 11) is 0. The summed E-state index contributed by atoms with van der Waals surface area (Å²) in [6, 6.07) is 0. The van der Waals surface area contributed by atoms with Gasteiger partial charge in [-0.25, -0.2) is 0 Å². The van der Waals surface area contributed by atoms with E-state index < -0.39 is 0 Å². The molecular formula is C11H23N3O. The molecule has 0 aliphatic heterocycles. The van der Waals surface area contributed by atoms with Crippen LogP contribution in [0.15, 0.2) is 4.52 Å². The van der Waals surface area contributed by atoms with Crippen molar-refractivity contribution < 1.29 is 4.52 Å². The van der Waals surface area contributed by atoms with Gasteiger partial charge in [0.15, 0.2) is 5.82 Å². The summed E-state index contributed by atoms with van der Waals surface area (Å²) in [5.41, 5.74) is 0. The third-order valence-electron chi connectivity index (χ3n) is 1.76. The molecule has 1 N–H and O–H groups in total. The molecule has 4 nitrogen and oxygen atoms in total. The van der Waals surface area contributed by atoms with E-state index in [4.69, 9.17) is 0 Å². The average Bonchev–Trinajstić information content (AvgIpc) is 2.58. The van der Waals surface area contributed by atoms with E-state index in [1.165, 1.54) is 32.4 Å². The van der Waals surface area contributed by atoms with Gasteiger partial charge in [0.05, 0.1) is 0 Å². The van der Waals surface area contributed by atoms with Crippen LogP contribution in [0.1, 0.15) is 44.8 Å². The highest BCUT2D eigenvalue weighted by molar-refractivity contribution is 4.77. The summed E-state index contributed by atoms with van der Waals surface area (Å²) in [4.78, 5) is 3.83. The number of aromatic nitrogens is 2. The Labute approximate surface area is 92.5 Å². The largest absolute Gasteiger partial charge is 0.340 e. The third kappa shape index (κ3) is 9.41. The average molecular weight is 213 g/mol. The Morgan fingerprint density at radius 3 is 2.20 bits per heavy atom. The zero-order valence-electron chi connectivity index (χ0n) is 10.3. The SMILES string of the molecule is CCCCNCCC.Cc1noc(C)n1. The lowest BCUT2D eigenvalue weighted by molar-refractivity contribution is 0.389. The van der Waals surface area contributed by atoms with Crippen LogP contribution in [0.25, 0.3) is 0 Å². The van der Waals surface area contributed by atoms with Gasteiger partial charge in [0, 0.05) is 6.92 Å². The van der Waals surface area contributed by atoms with Crippen LogP contribution in [0, 0.1) is 13.8 Å². The van der Waals surface area contributed by atoms with Gasteiger partial charge in [-0.15, -0.1) is 0 Å². The first-order chi connectivity index (χ1) is 7.20. The first kappa shape index (κ1) is 14.1. The van der Waals surface area contributed by atoms with Crippen molar-refractivity contribution in [2.24, 2.45) is 0 Å². The van der Waals surface area contributed by atoms with Crippen LogP contribution in [-0.4, -0.2) is 23.2 Å². The van der Waals surface area contributed by atoms with E-state index in [1.807, 2.05) is 0 Å². The minimum Gasteiger partial charge on any atom is -0.340 e. The molecule has 1 heterocycles. The molecule has 0 saturated carbocycles. The standard InChI is InChI=1S/C7H17N.C4H6N2O/c1-3-5-7-8-6-4-2;1-3-5-4(2)7-6-3/h8H,3-7H2,1-2H3;1-2H3. The summed E-state index contributed by atoms with van der Waals surface area (Å²) in [5, 5.41) is 6.87. The molecule has 0 fully saturated rings. The highest BCUT2D eigenvalue weighted by Gasteiger charge is 1.89. The minimum atomic E-state index is 0.623. The zero-order chi connectivity index (χ0) is 11.5. The van der Waals surface area contributed by atoms with Gasteiger partial charge in [-0.3, -0.25) is 0 Å². The number of hydrogen-bond acceptors (Lipinski definition) is 4. The second-order valence-corrected chi connectivity index (χ2v) is 3.46. The number of unbranched alkanes of at least 4 members (excludes halogenated alkanes) is 1. The molecule has 15 heavy (non-hydrogen) atoms. The molecule has 0 bridgehead atoms. The Morgan fingerprint density at radius 1 is 1.13 bits per heavy atom. The Bertz CT molecular complexity index is 213. The van der Waals surface area contributed by atoms with E-state index >= 15 is 0 Å². The fourth-order valence-electron chi connectivity index (χ4n) is 1.00. The molecule has 0 amide bonds. The van der Waals surface area contributed by atoms with E-state index in [0.717, 1.165) is 0 Å². The van der Waals surface area contributed by atoms with Gasteiger partial charge in [-0.05, 0) is 32.9 Å². The molecular weight excluding hydrogens is 190 g/mol. The van der Waals surface area contributed by atoms with Crippen LogP contribution >= 0.6 is 0 Å². The molecule has 1 aromatic rings. The Balaban J connectivity index is 0.000000262. The number of rotatable bonds is 5. The van der Waals surface area contributed by atoms with Gasteiger partial charge in [0.1, 0.15) is 0 Å². The molecule has 0 atom stereocenters. The topological polar surface area (TPSA) is 51.0 Å². The van der Waals surface area contributed by atoms with Crippen molar-refractivity contribution in [3.63, 3.8) is 0 Å². The van der Waals surface area contributed by atoms with Gasteiger partial charge in [0.2, 0.25) is 5.89 Å². The molecule has 0 aliphatic carbocycles.